The molecule has 0 unspecified atom stereocenters. The van der Waals surface area contributed by atoms with Crippen LogP contribution in [0.25, 0.3) is 0 Å². The van der Waals surface area contributed by atoms with E-state index < -0.39 is 0 Å². The third-order valence-electron chi connectivity index (χ3n) is 3.66. The molecule has 0 radical (unpaired) electrons. The summed E-state index contributed by atoms with van der Waals surface area (Å²) in [6.45, 7) is 11.0. The van der Waals surface area contributed by atoms with Crippen LogP contribution >= 0.6 is 0 Å². The lowest BCUT2D eigenvalue weighted by Crippen LogP contribution is -2.34. The molecule has 0 N–H and O–H groups in total. The maximum Gasteiger partial charge on any atom is 0.226 e. The number of hydrogen-bond acceptors (Lipinski definition) is 6. The van der Waals surface area contributed by atoms with Crippen molar-refractivity contribution >= 4 is 5.91 Å². The second-order valence-electron chi connectivity index (χ2n) is 6.72. The molecule has 1 aromatic rings. The Morgan fingerprint density at radius 3 is 2.80 bits per heavy atom. The zero-order valence-electron chi connectivity index (χ0n) is 16.0. The summed E-state index contributed by atoms with van der Waals surface area (Å²) >= 11 is 0. The predicted octanol–water partition coefficient (Wildman–Crippen LogP) is 2.14. The Balaban J connectivity index is 2.23. The number of likely N-dealkylation sites (N-methyl/N-ethyl adjacent to an activating group) is 2. The van der Waals surface area contributed by atoms with E-state index in [1.54, 1.807) is 11.0 Å². The van der Waals surface area contributed by atoms with Crippen LogP contribution in [0.15, 0.2) is 17.2 Å². The highest BCUT2D eigenvalue weighted by molar-refractivity contribution is 5.75. The minimum atomic E-state index is 0.134. The highest BCUT2D eigenvalue weighted by atomic mass is 16.5. The third-order valence-corrected chi connectivity index (χ3v) is 3.66. The molecule has 0 saturated heterocycles. The molecule has 0 aliphatic carbocycles. The van der Waals surface area contributed by atoms with Gasteiger partial charge >= 0.3 is 0 Å². The molecule has 7 nitrogen and oxygen atoms in total. The van der Waals surface area contributed by atoms with Gasteiger partial charge in [-0.15, -0.1) is 6.58 Å². The van der Waals surface area contributed by atoms with Gasteiger partial charge in [0.15, 0.2) is 5.82 Å². The fraction of sp³-hybridized carbons (Fsp3) is 0.722. The van der Waals surface area contributed by atoms with Gasteiger partial charge in [0, 0.05) is 39.6 Å². The molecular weight excluding hydrogens is 320 g/mol. The van der Waals surface area contributed by atoms with Gasteiger partial charge in [-0.2, -0.15) is 4.98 Å². The summed E-state index contributed by atoms with van der Waals surface area (Å²) in [5, 5.41) is 4.01. The van der Waals surface area contributed by atoms with Gasteiger partial charge in [0.05, 0.1) is 13.2 Å². The van der Waals surface area contributed by atoms with Crippen LogP contribution in [0.5, 0.6) is 0 Å². The lowest BCUT2D eigenvalue weighted by molar-refractivity contribution is -0.130. The van der Waals surface area contributed by atoms with Gasteiger partial charge in [-0.25, -0.2) is 0 Å². The minimum Gasteiger partial charge on any atom is -0.377 e. The first-order chi connectivity index (χ1) is 11.9. The van der Waals surface area contributed by atoms with Crippen molar-refractivity contribution in [2.24, 2.45) is 5.92 Å². The summed E-state index contributed by atoms with van der Waals surface area (Å²) in [6, 6.07) is 0. The van der Waals surface area contributed by atoms with E-state index in [1.165, 1.54) is 0 Å². The van der Waals surface area contributed by atoms with Gasteiger partial charge in [-0.1, -0.05) is 25.1 Å². The van der Waals surface area contributed by atoms with E-state index in [0.29, 0.717) is 50.4 Å². The van der Waals surface area contributed by atoms with Crippen LogP contribution in [0.1, 0.15) is 38.4 Å². The Labute approximate surface area is 151 Å². The summed E-state index contributed by atoms with van der Waals surface area (Å²) in [7, 11) is 3.82. The lowest BCUT2D eigenvalue weighted by atomic mass is 10.1. The van der Waals surface area contributed by atoms with Crippen molar-refractivity contribution in [3.63, 3.8) is 0 Å². The van der Waals surface area contributed by atoms with Crippen molar-refractivity contribution in [3.8, 4) is 0 Å². The van der Waals surface area contributed by atoms with E-state index in [4.69, 9.17) is 9.26 Å². The van der Waals surface area contributed by atoms with Crippen LogP contribution in [0.2, 0.25) is 0 Å². The van der Waals surface area contributed by atoms with Gasteiger partial charge in [0.1, 0.15) is 0 Å². The maximum atomic E-state index is 12.0. The molecule has 1 amide bonds. The number of aromatic nitrogens is 2. The SMILES string of the molecule is C=CCOCCCC(=O)N(C)CCN(C)Cc1noc(CC(C)C)n1. The van der Waals surface area contributed by atoms with Gasteiger partial charge in [-0.3, -0.25) is 9.69 Å². The van der Waals surface area contributed by atoms with Crippen molar-refractivity contribution < 1.29 is 14.1 Å². The summed E-state index contributed by atoms with van der Waals surface area (Å²) in [6.07, 6.45) is 3.73. The predicted molar refractivity (Wildman–Crippen MR) is 97.1 cm³/mol. The van der Waals surface area contributed by atoms with E-state index in [9.17, 15) is 4.79 Å². The van der Waals surface area contributed by atoms with E-state index in [2.05, 4.69) is 35.5 Å². The van der Waals surface area contributed by atoms with Gasteiger partial charge in [-0.05, 0) is 19.4 Å². The molecule has 142 valence electrons. The molecule has 1 rings (SSSR count). The summed E-state index contributed by atoms with van der Waals surface area (Å²) < 4.78 is 10.5. The fourth-order valence-corrected chi connectivity index (χ4v) is 2.24. The zero-order valence-corrected chi connectivity index (χ0v) is 16.0. The molecule has 0 bridgehead atoms. The number of carbonyl (C=O) groups is 1. The summed E-state index contributed by atoms with van der Waals surface area (Å²) in [4.78, 5) is 20.3. The molecule has 0 aliphatic heterocycles. The van der Waals surface area contributed by atoms with Gasteiger partial charge < -0.3 is 14.2 Å². The Hall–Kier alpha value is -1.73. The quantitative estimate of drug-likeness (QED) is 0.400. The molecule has 25 heavy (non-hydrogen) atoms. The van der Waals surface area contributed by atoms with E-state index >= 15 is 0 Å². The maximum absolute atomic E-state index is 12.0. The monoisotopic (exact) mass is 352 g/mol. The Bertz CT molecular complexity index is 516. The van der Waals surface area contributed by atoms with Crippen molar-refractivity contribution in [2.75, 3.05) is 40.4 Å². The molecule has 0 spiro atoms. The molecule has 7 heteroatoms. The summed E-state index contributed by atoms with van der Waals surface area (Å²) in [5.41, 5.74) is 0. The first-order valence-electron chi connectivity index (χ1n) is 8.85. The smallest absolute Gasteiger partial charge is 0.226 e. The molecule has 0 aliphatic rings. The highest BCUT2D eigenvalue weighted by Crippen LogP contribution is 2.07. The van der Waals surface area contributed by atoms with Crippen LogP contribution in [0.3, 0.4) is 0 Å². The highest BCUT2D eigenvalue weighted by Gasteiger charge is 2.12. The van der Waals surface area contributed by atoms with E-state index in [1.807, 2.05) is 14.1 Å². The van der Waals surface area contributed by atoms with Crippen LogP contribution < -0.4 is 0 Å². The largest absolute Gasteiger partial charge is 0.377 e. The van der Waals surface area contributed by atoms with Gasteiger partial charge in [0.2, 0.25) is 11.8 Å². The normalized spacial score (nSPS) is 11.3. The first kappa shape index (κ1) is 21.3. The van der Waals surface area contributed by atoms with Crippen molar-refractivity contribution in [2.45, 2.75) is 39.7 Å². The minimum absolute atomic E-state index is 0.134. The zero-order chi connectivity index (χ0) is 18.7. The average Bonchev–Trinajstić information content (AvgIpc) is 2.98. The molecule has 0 aromatic carbocycles. The Kier molecular flexibility index (Phi) is 10.0. The average molecular weight is 352 g/mol. The molecular formula is C18H32N4O3. The number of hydrogen-bond donors (Lipinski definition) is 0. The second kappa shape index (κ2) is 11.8. The van der Waals surface area contributed by atoms with E-state index in [-0.39, 0.29) is 5.91 Å². The van der Waals surface area contributed by atoms with Crippen molar-refractivity contribution in [1.29, 1.82) is 0 Å². The third kappa shape index (κ3) is 9.36. The molecule has 0 fully saturated rings. The number of ether oxygens (including phenoxy) is 1. The lowest BCUT2D eigenvalue weighted by Gasteiger charge is -2.21. The molecule has 0 saturated carbocycles. The second-order valence-corrected chi connectivity index (χ2v) is 6.72. The molecule has 1 aromatic heterocycles. The van der Waals surface area contributed by atoms with Gasteiger partial charge in [0.25, 0.3) is 0 Å². The molecule has 1 heterocycles. The van der Waals surface area contributed by atoms with Crippen LogP contribution in [0, 0.1) is 5.92 Å². The van der Waals surface area contributed by atoms with Crippen molar-refractivity contribution in [1.82, 2.24) is 19.9 Å². The summed E-state index contributed by atoms with van der Waals surface area (Å²) in [5.74, 6) is 2.00. The Morgan fingerprint density at radius 2 is 2.12 bits per heavy atom. The van der Waals surface area contributed by atoms with Crippen LogP contribution in [-0.2, 0) is 22.5 Å². The van der Waals surface area contributed by atoms with Crippen LogP contribution in [-0.4, -0.2) is 66.2 Å². The first-order valence-corrected chi connectivity index (χ1v) is 8.85. The van der Waals surface area contributed by atoms with Crippen LogP contribution in [0.4, 0.5) is 0 Å². The topological polar surface area (TPSA) is 71.7 Å². The number of nitrogens with zero attached hydrogens (tertiary/aromatic N) is 4. The Morgan fingerprint density at radius 1 is 1.36 bits per heavy atom. The fourth-order valence-electron chi connectivity index (χ4n) is 2.24. The number of amides is 1. The van der Waals surface area contributed by atoms with Crippen molar-refractivity contribution in [3.05, 3.63) is 24.4 Å². The number of carbonyl (C=O) groups excluding carboxylic acids is 1. The number of rotatable bonds is 13. The standard InChI is InChI=1S/C18H32N4O3/c1-6-11-24-12-7-8-18(23)22(5)10-9-21(4)14-16-19-17(25-20-16)13-15(2)3/h6,15H,1,7-14H2,2-5H3. The molecule has 0 atom stereocenters. The van der Waals surface area contributed by atoms with E-state index in [0.717, 1.165) is 19.4 Å².